The van der Waals surface area contributed by atoms with Crippen LogP contribution in [0.15, 0.2) is 54.6 Å². The van der Waals surface area contributed by atoms with Crippen molar-refractivity contribution in [3.63, 3.8) is 0 Å². The third kappa shape index (κ3) is 3.85. The van der Waals surface area contributed by atoms with Gasteiger partial charge in [-0.25, -0.2) is 13.8 Å². The van der Waals surface area contributed by atoms with Crippen LogP contribution in [0.1, 0.15) is 74.1 Å². The Morgan fingerprint density at radius 3 is 2.42 bits per heavy atom. The Morgan fingerprint density at radius 1 is 0.974 bits per heavy atom. The van der Waals surface area contributed by atoms with E-state index in [1.807, 2.05) is 56.3 Å². The van der Waals surface area contributed by atoms with E-state index in [1.54, 1.807) is 6.92 Å². The summed E-state index contributed by atoms with van der Waals surface area (Å²) < 4.78 is 34.6. The second kappa shape index (κ2) is 9.03. The van der Waals surface area contributed by atoms with Crippen LogP contribution in [-0.4, -0.2) is 10.9 Å². The first-order valence-corrected chi connectivity index (χ1v) is 12.7. The molecule has 0 spiro atoms. The van der Waals surface area contributed by atoms with Crippen LogP contribution in [-0.2, 0) is 17.7 Å². The second-order valence-electron chi connectivity index (χ2n) is 9.97. The van der Waals surface area contributed by atoms with E-state index in [9.17, 15) is 13.6 Å². The lowest BCUT2D eigenvalue weighted by Crippen LogP contribution is -2.24. The van der Waals surface area contributed by atoms with Crippen molar-refractivity contribution in [3.05, 3.63) is 116 Å². The summed E-state index contributed by atoms with van der Waals surface area (Å²) in [5, 5.41) is 3.02. The molecule has 3 N–H and O–H groups in total. The summed E-state index contributed by atoms with van der Waals surface area (Å²) in [4.78, 5) is 17.5. The Labute approximate surface area is 219 Å². The van der Waals surface area contributed by atoms with Crippen molar-refractivity contribution in [3.8, 4) is 11.1 Å². The Balaban J connectivity index is 1.28. The number of carbonyl (C=O) groups excluding carboxylic acids is 1. The minimum absolute atomic E-state index is 0.188. The van der Waals surface area contributed by atoms with Crippen LogP contribution >= 0.6 is 0 Å². The summed E-state index contributed by atoms with van der Waals surface area (Å²) in [6.07, 6.45) is 0.212. The standard InChI is InChI=1S/C31H27F2N3O2/c1-4-17-12-27(34)36-16(3)25(17)14-35-31(37)19-6-8-22-24(11-19)30-23-10-18(5-7-21(23)29(22)38-30)28-15(2)9-20(32)13-26(28)33/h5-13,29-30H,4,14H2,1-3H3,(H2,34,36)(H,35,37). The molecule has 38 heavy (non-hydrogen) atoms. The molecule has 0 saturated heterocycles. The Kier molecular flexibility index (Phi) is 5.76. The molecular formula is C31H27F2N3O2. The van der Waals surface area contributed by atoms with Crippen molar-refractivity contribution in [2.45, 2.75) is 45.9 Å². The number of ether oxygens (including phenoxy) is 1. The van der Waals surface area contributed by atoms with Crippen molar-refractivity contribution in [2.75, 3.05) is 5.73 Å². The highest BCUT2D eigenvalue weighted by atomic mass is 19.1. The fourth-order valence-corrected chi connectivity index (χ4v) is 5.83. The highest BCUT2D eigenvalue weighted by Gasteiger charge is 2.43. The van der Waals surface area contributed by atoms with Crippen LogP contribution in [0.4, 0.5) is 14.6 Å². The van der Waals surface area contributed by atoms with Gasteiger partial charge in [-0.2, -0.15) is 0 Å². The SMILES string of the molecule is CCc1cc(N)nc(C)c1CNC(=O)c1ccc2c(c1)C1OC2c2ccc(-c3c(C)cc(F)cc3F)cc21. The van der Waals surface area contributed by atoms with Gasteiger partial charge in [-0.3, -0.25) is 4.79 Å². The number of hydrogen-bond donors (Lipinski definition) is 2. The molecule has 7 heteroatoms. The van der Waals surface area contributed by atoms with Crippen molar-refractivity contribution in [1.29, 1.82) is 0 Å². The molecule has 2 aliphatic rings. The average Bonchev–Trinajstić information content (AvgIpc) is 3.44. The number of aryl methyl sites for hydroxylation is 3. The number of anilines is 1. The molecule has 0 fully saturated rings. The van der Waals surface area contributed by atoms with E-state index in [1.165, 1.54) is 6.07 Å². The number of fused-ring (bicyclic) bond motifs is 8. The summed E-state index contributed by atoms with van der Waals surface area (Å²) in [5.41, 5.74) is 14.8. The maximum absolute atomic E-state index is 14.7. The number of nitrogens with two attached hydrogens (primary N) is 1. The second-order valence-corrected chi connectivity index (χ2v) is 9.97. The molecule has 4 aromatic rings. The van der Waals surface area contributed by atoms with Gasteiger partial charge in [-0.05, 0) is 95.1 Å². The lowest BCUT2D eigenvalue weighted by atomic mass is 9.83. The molecular weight excluding hydrogens is 484 g/mol. The predicted molar refractivity (Wildman–Crippen MR) is 142 cm³/mol. The first-order chi connectivity index (χ1) is 18.2. The number of hydrogen-bond acceptors (Lipinski definition) is 4. The average molecular weight is 512 g/mol. The molecule has 0 radical (unpaired) electrons. The number of pyridine rings is 1. The highest BCUT2D eigenvalue weighted by molar-refractivity contribution is 5.94. The zero-order valence-electron chi connectivity index (χ0n) is 21.4. The molecule has 3 heterocycles. The van der Waals surface area contributed by atoms with E-state index in [2.05, 4.69) is 10.3 Å². The van der Waals surface area contributed by atoms with Gasteiger partial charge in [-0.15, -0.1) is 0 Å². The number of halogens is 2. The van der Waals surface area contributed by atoms with E-state index in [-0.39, 0.29) is 18.1 Å². The Hall–Kier alpha value is -4.10. The molecule has 5 nitrogen and oxygen atoms in total. The maximum atomic E-state index is 14.7. The van der Waals surface area contributed by atoms with Gasteiger partial charge in [-0.1, -0.05) is 25.1 Å². The first-order valence-electron chi connectivity index (χ1n) is 12.7. The van der Waals surface area contributed by atoms with Crippen LogP contribution in [0.25, 0.3) is 11.1 Å². The van der Waals surface area contributed by atoms with Gasteiger partial charge in [0.05, 0.1) is 0 Å². The number of nitrogens with one attached hydrogen (secondary N) is 1. The molecule has 0 saturated carbocycles. The van der Waals surface area contributed by atoms with Gasteiger partial charge in [0.2, 0.25) is 0 Å². The third-order valence-corrected chi connectivity index (χ3v) is 7.63. The molecule has 6 rings (SSSR count). The summed E-state index contributed by atoms with van der Waals surface area (Å²) in [7, 11) is 0. The lowest BCUT2D eigenvalue weighted by molar-refractivity contribution is 0.0857. The molecule has 3 aromatic carbocycles. The van der Waals surface area contributed by atoms with Gasteiger partial charge in [0.25, 0.3) is 5.91 Å². The Morgan fingerprint density at radius 2 is 1.68 bits per heavy atom. The van der Waals surface area contributed by atoms with Crippen molar-refractivity contribution < 1.29 is 18.3 Å². The maximum Gasteiger partial charge on any atom is 0.251 e. The van der Waals surface area contributed by atoms with E-state index >= 15 is 0 Å². The van der Waals surface area contributed by atoms with Gasteiger partial charge in [0.1, 0.15) is 29.7 Å². The summed E-state index contributed by atoms with van der Waals surface area (Å²) in [5.74, 6) is -0.903. The molecule has 192 valence electrons. The van der Waals surface area contributed by atoms with Crippen molar-refractivity contribution >= 4 is 11.7 Å². The van der Waals surface area contributed by atoms with E-state index < -0.39 is 11.6 Å². The van der Waals surface area contributed by atoms with Gasteiger partial charge < -0.3 is 15.8 Å². The molecule has 1 amide bonds. The quantitative estimate of drug-likeness (QED) is 0.333. The number of benzene rings is 3. The number of rotatable bonds is 5. The van der Waals surface area contributed by atoms with E-state index in [4.69, 9.17) is 10.5 Å². The van der Waals surface area contributed by atoms with Crippen molar-refractivity contribution in [1.82, 2.24) is 10.3 Å². The normalized spacial score (nSPS) is 16.9. The van der Waals surface area contributed by atoms with Crippen LogP contribution in [0, 0.1) is 25.5 Å². The smallest absolute Gasteiger partial charge is 0.251 e. The highest BCUT2D eigenvalue weighted by Crippen LogP contribution is 2.55. The molecule has 0 aliphatic carbocycles. The molecule has 2 aliphatic heterocycles. The van der Waals surface area contributed by atoms with Crippen LogP contribution in [0.3, 0.4) is 0 Å². The summed E-state index contributed by atoms with van der Waals surface area (Å²) >= 11 is 0. The van der Waals surface area contributed by atoms with Crippen molar-refractivity contribution in [2.24, 2.45) is 0 Å². The number of carbonyl (C=O) groups is 1. The number of aromatic nitrogens is 1. The minimum atomic E-state index is -0.597. The van der Waals surface area contributed by atoms with E-state index in [0.717, 1.165) is 51.6 Å². The largest absolute Gasteiger partial charge is 0.384 e. The number of nitrogen functional groups attached to an aromatic ring is 1. The van der Waals surface area contributed by atoms with Crippen LogP contribution < -0.4 is 11.1 Å². The summed E-state index contributed by atoms with van der Waals surface area (Å²) in [6.45, 7) is 5.99. The molecule has 2 unspecified atom stereocenters. The Bertz CT molecular complexity index is 1610. The lowest BCUT2D eigenvalue weighted by Gasteiger charge is -2.18. The molecule has 2 bridgehead atoms. The molecule has 2 atom stereocenters. The van der Waals surface area contributed by atoms with Gasteiger partial charge >= 0.3 is 0 Å². The van der Waals surface area contributed by atoms with Gasteiger partial charge in [0.15, 0.2) is 0 Å². The predicted octanol–water partition coefficient (Wildman–Crippen LogP) is 6.24. The topological polar surface area (TPSA) is 77.2 Å². The first kappa shape index (κ1) is 24.2. The molecule has 1 aromatic heterocycles. The monoisotopic (exact) mass is 511 g/mol. The number of amides is 1. The fraction of sp³-hybridized carbons (Fsp3) is 0.226. The van der Waals surface area contributed by atoms with Gasteiger partial charge in [0, 0.05) is 29.4 Å². The summed E-state index contributed by atoms with van der Waals surface area (Å²) in [6, 6.07) is 15.5. The third-order valence-electron chi connectivity index (χ3n) is 7.63. The fourth-order valence-electron chi connectivity index (χ4n) is 5.83. The zero-order chi connectivity index (χ0) is 26.7. The minimum Gasteiger partial charge on any atom is -0.384 e. The van der Waals surface area contributed by atoms with Crippen LogP contribution in [0.2, 0.25) is 0 Å². The van der Waals surface area contributed by atoms with Crippen LogP contribution in [0.5, 0.6) is 0 Å². The number of nitrogens with zero attached hydrogens (tertiary/aromatic N) is 1. The zero-order valence-corrected chi connectivity index (χ0v) is 21.4. The van der Waals surface area contributed by atoms with E-state index in [0.29, 0.717) is 34.6 Å².